The Kier molecular flexibility index (Phi) is 5.27. The molecule has 0 aromatic heterocycles. The fourth-order valence-electron chi connectivity index (χ4n) is 4.54. The molecule has 1 aromatic carbocycles. The molecule has 0 spiro atoms. The molecule has 3 rings (SSSR count). The highest BCUT2D eigenvalue weighted by molar-refractivity contribution is 6.01. The molecule has 27 heavy (non-hydrogen) atoms. The molecule has 3 atom stereocenters. The summed E-state index contributed by atoms with van der Waals surface area (Å²) in [5.41, 5.74) is 4.11. The number of hydrogen-bond donors (Lipinski definition) is 1. The van der Waals surface area contributed by atoms with Gasteiger partial charge < -0.3 is 14.9 Å². The van der Waals surface area contributed by atoms with Crippen LogP contribution in [0.2, 0.25) is 0 Å². The van der Waals surface area contributed by atoms with Gasteiger partial charge in [0.15, 0.2) is 0 Å². The second-order valence-corrected chi connectivity index (χ2v) is 8.10. The van der Waals surface area contributed by atoms with Crippen LogP contribution in [0.4, 0.5) is 5.69 Å². The van der Waals surface area contributed by atoms with Crippen LogP contribution >= 0.6 is 0 Å². The number of carboxylic acids is 1. The topological polar surface area (TPSA) is 77.9 Å². The molecule has 1 N–H and O–H groups in total. The number of anilines is 1. The van der Waals surface area contributed by atoms with Crippen molar-refractivity contribution in [3.8, 4) is 0 Å². The van der Waals surface area contributed by atoms with Crippen molar-refractivity contribution in [1.29, 1.82) is 0 Å². The third kappa shape index (κ3) is 3.70. The van der Waals surface area contributed by atoms with Gasteiger partial charge in [-0.3, -0.25) is 14.4 Å². The first-order valence-electron chi connectivity index (χ1n) is 9.60. The van der Waals surface area contributed by atoms with Gasteiger partial charge in [-0.1, -0.05) is 17.7 Å². The van der Waals surface area contributed by atoms with Crippen molar-refractivity contribution in [1.82, 2.24) is 4.90 Å². The standard InChI is InChI=1S/C21H28N2O4/c1-12-7-13(2)19(14(3)8-12)23-11-17(9-18(23)24)20(25)22-10-16(21(26)27)6-5-15(22)4/h7-8,15-17H,5-6,9-11H2,1-4H3,(H,26,27). The summed E-state index contributed by atoms with van der Waals surface area (Å²) in [5, 5.41) is 9.31. The van der Waals surface area contributed by atoms with Gasteiger partial charge in [-0.05, 0) is 51.7 Å². The summed E-state index contributed by atoms with van der Waals surface area (Å²) in [6, 6.07) is 4.12. The number of amides is 2. The number of rotatable bonds is 3. The van der Waals surface area contributed by atoms with Crippen LogP contribution in [-0.4, -0.2) is 46.9 Å². The average Bonchev–Trinajstić information content (AvgIpc) is 2.95. The number of piperidine rings is 1. The van der Waals surface area contributed by atoms with E-state index in [2.05, 4.69) is 12.1 Å². The predicted molar refractivity (Wildman–Crippen MR) is 103 cm³/mol. The number of hydrogen-bond acceptors (Lipinski definition) is 3. The zero-order valence-electron chi connectivity index (χ0n) is 16.5. The molecule has 0 saturated carbocycles. The highest BCUT2D eigenvalue weighted by atomic mass is 16.4. The van der Waals surface area contributed by atoms with Crippen LogP contribution in [0, 0.1) is 32.6 Å². The zero-order valence-corrected chi connectivity index (χ0v) is 16.5. The summed E-state index contributed by atoms with van der Waals surface area (Å²) >= 11 is 0. The molecule has 2 aliphatic heterocycles. The minimum atomic E-state index is -0.852. The summed E-state index contributed by atoms with van der Waals surface area (Å²) < 4.78 is 0. The summed E-state index contributed by atoms with van der Waals surface area (Å²) in [7, 11) is 0. The van der Waals surface area contributed by atoms with E-state index in [4.69, 9.17) is 0 Å². The van der Waals surface area contributed by atoms with Crippen molar-refractivity contribution in [2.75, 3.05) is 18.0 Å². The van der Waals surface area contributed by atoms with Gasteiger partial charge in [0.05, 0.1) is 11.8 Å². The molecule has 2 saturated heterocycles. The first-order valence-corrected chi connectivity index (χ1v) is 9.60. The second kappa shape index (κ2) is 7.33. The maximum Gasteiger partial charge on any atom is 0.308 e. The Morgan fingerprint density at radius 1 is 1.04 bits per heavy atom. The quantitative estimate of drug-likeness (QED) is 0.885. The molecule has 1 aromatic rings. The largest absolute Gasteiger partial charge is 0.481 e. The van der Waals surface area contributed by atoms with E-state index >= 15 is 0 Å². The van der Waals surface area contributed by atoms with Gasteiger partial charge in [-0.15, -0.1) is 0 Å². The number of nitrogens with zero attached hydrogens (tertiary/aromatic N) is 2. The minimum absolute atomic E-state index is 0.0140. The summed E-state index contributed by atoms with van der Waals surface area (Å²) in [6.07, 6.45) is 1.47. The molecule has 6 nitrogen and oxygen atoms in total. The number of carbonyl (C=O) groups excluding carboxylic acids is 2. The lowest BCUT2D eigenvalue weighted by atomic mass is 9.92. The number of likely N-dealkylation sites (tertiary alicyclic amines) is 1. The Morgan fingerprint density at radius 2 is 1.67 bits per heavy atom. The van der Waals surface area contributed by atoms with E-state index in [1.807, 2.05) is 27.7 Å². The molecule has 2 fully saturated rings. The van der Waals surface area contributed by atoms with E-state index < -0.39 is 17.8 Å². The van der Waals surface area contributed by atoms with Gasteiger partial charge in [-0.2, -0.15) is 0 Å². The predicted octanol–water partition coefficient (Wildman–Crippen LogP) is 2.68. The SMILES string of the molecule is Cc1cc(C)c(N2CC(C(=O)N3CC(C(=O)O)CCC3C)CC2=O)c(C)c1. The monoisotopic (exact) mass is 372 g/mol. The lowest BCUT2D eigenvalue weighted by Gasteiger charge is -2.37. The molecule has 2 heterocycles. The maximum absolute atomic E-state index is 13.1. The minimum Gasteiger partial charge on any atom is -0.481 e. The van der Waals surface area contributed by atoms with Gasteiger partial charge in [-0.25, -0.2) is 0 Å². The van der Waals surface area contributed by atoms with Gasteiger partial charge in [0.25, 0.3) is 0 Å². The Balaban J connectivity index is 1.79. The second-order valence-electron chi connectivity index (χ2n) is 8.10. The number of aryl methyl sites for hydroxylation is 3. The number of benzene rings is 1. The fraction of sp³-hybridized carbons (Fsp3) is 0.571. The lowest BCUT2D eigenvalue weighted by molar-refractivity contribution is -0.148. The fourth-order valence-corrected chi connectivity index (χ4v) is 4.54. The Labute approximate surface area is 160 Å². The van der Waals surface area contributed by atoms with E-state index in [1.165, 1.54) is 0 Å². The maximum atomic E-state index is 13.1. The Bertz CT molecular complexity index is 765. The number of carbonyl (C=O) groups is 3. The van der Waals surface area contributed by atoms with Crippen molar-refractivity contribution in [3.63, 3.8) is 0 Å². The molecule has 0 radical (unpaired) electrons. The van der Waals surface area contributed by atoms with Gasteiger partial charge in [0.2, 0.25) is 11.8 Å². The first-order chi connectivity index (χ1) is 12.7. The Hall–Kier alpha value is -2.37. The molecule has 2 aliphatic rings. The van der Waals surface area contributed by atoms with Crippen LogP contribution in [0.1, 0.15) is 42.9 Å². The van der Waals surface area contributed by atoms with Gasteiger partial charge in [0.1, 0.15) is 0 Å². The third-order valence-electron chi connectivity index (χ3n) is 5.89. The molecule has 2 amide bonds. The van der Waals surface area contributed by atoms with Crippen molar-refractivity contribution >= 4 is 23.5 Å². The normalized spacial score (nSPS) is 25.8. The van der Waals surface area contributed by atoms with E-state index in [9.17, 15) is 19.5 Å². The third-order valence-corrected chi connectivity index (χ3v) is 5.89. The van der Waals surface area contributed by atoms with E-state index in [1.54, 1.807) is 9.80 Å². The molecule has 0 bridgehead atoms. The van der Waals surface area contributed by atoms with E-state index in [-0.39, 0.29) is 30.8 Å². The van der Waals surface area contributed by atoms with Crippen LogP contribution in [-0.2, 0) is 14.4 Å². The van der Waals surface area contributed by atoms with Crippen LogP contribution in [0.15, 0.2) is 12.1 Å². The van der Waals surface area contributed by atoms with Crippen LogP contribution in [0.3, 0.4) is 0 Å². The highest BCUT2D eigenvalue weighted by Crippen LogP contribution is 2.33. The zero-order chi connectivity index (χ0) is 19.9. The summed E-state index contributed by atoms with van der Waals surface area (Å²) in [5.74, 6) is -1.91. The molecular formula is C21H28N2O4. The average molecular weight is 372 g/mol. The molecule has 3 unspecified atom stereocenters. The lowest BCUT2D eigenvalue weighted by Crippen LogP contribution is -2.49. The van der Waals surface area contributed by atoms with Crippen molar-refractivity contribution in [2.45, 2.75) is 53.0 Å². The highest BCUT2D eigenvalue weighted by Gasteiger charge is 2.41. The summed E-state index contributed by atoms with van der Waals surface area (Å²) in [4.78, 5) is 40.5. The van der Waals surface area contributed by atoms with Gasteiger partial charge >= 0.3 is 5.97 Å². The van der Waals surface area contributed by atoms with E-state index in [0.29, 0.717) is 19.4 Å². The number of aliphatic carboxylic acids is 1. The first kappa shape index (κ1) is 19.4. The van der Waals surface area contributed by atoms with Crippen molar-refractivity contribution in [3.05, 3.63) is 28.8 Å². The van der Waals surface area contributed by atoms with Crippen molar-refractivity contribution in [2.24, 2.45) is 11.8 Å². The molecule has 6 heteroatoms. The van der Waals surface area contributed by atoms with Gasteiger partial charge in [0, 0.05) is 31.2 Å². The Morgan fingerprint density at radius 3 is 2.26 bits per heavy atom. The van der Waals surface area contributed by atoms with E-state index in [0.717, 1.165) is 22.4 Å². The number of carboxylic acid groups (broad SMARTS) is 1. The molecular weight excluding hydrogens is 344 g/mol. The van der Waals surface area contributed by atoms with Crippen molar-refractivity contribution < 1.29 is 19.5 Å². The smallest absolute Gasteiger partial charge is 0.308 e. The van der Waals surface area contributed by atoms with Crippen LogP contribution in [0.5, 0.6) is 0 Å². The molecule has 146 valence electrons. The van der Waals surface area contributed by atoms with Crippen LogP contribution < -0.4 is 4.90 Å². The van der Waals surface area contributed by atoms with Crippen LogP contribution in [0.25, 0.3) is 0 Å². The summed E-state index contributed by atoms with van der Waals surface area (Å²) in [6.45, 7) is 8.56. The molecule has 0 aliphatic carbocycles.